The average Bonchev–Trinajstić information content (AvgIpc) is 3.19. The van der Waals surface area contributed by atoms with Crippen molar-refractivity contribution in [1.29, 1.82) is 0 Å². The van der Waals surface area contributed by atoms with Gasteiger partial charge in [0.2, 0.25) is 0 Å². The Balaban J connectivity index is 0. The molecule has 0 radical (unpaired) electrons. The third kappa shape index (κ3) is 10.1. The van der Waals surface area contributed by atoms with Gasteiger partial charge in [0.25, 0.3) is 0 Å². The van der Waals surface area contributed by atoms with Gasteiger partial charge in [0, 0.05) is 14.5 Å². The van der Waals surface area contributed by atoms with Crippen LogP contribution >= 0.6 is 22.9 Å². The molecule has 4 rings (SSSR count). The van der Waals surface area contributed by atoms with Crippen molar-refractivity contribution < 1.29 is 4.74 Å². The van der Waals surface area contributed by atoms with Crippen LogP contribution in [0, 0.1) is 27.7 Å². The lowest BCUT2D eigenvalue weighted by Gasteiger charge is -2.07. The molecule has 0 N–H and O–H groups in total. The number of fused-ring (bicyclic) bond motifs is 1. The minimum atomic E-state index is 0. The van der Waals surface area contributed by atoms with Crippen LogP contribution in [-0.2, 0) is 0 Å². The Morgan fingerprint density at radius 1 is 0.774 bits per heavy atom. The van der Waals surface area contributed by atoms with E-state index in [4.69, 9.17) is 4.74 Å². The van der Waals surface area contributed by atoms with E-state index in [2.05, 4.69) is 47.7 Å². The molecule has 3 nitrogen and oxygen atoms in total. The number of ether oxygens (including phenoxy) is 1. The van der Waals surface area contributed by atoms with Crippen molar-refractivity contribution in [1.82, 2.24) is 9.59 Å². The highest BCUT2D eigenvalue weighted by Crippen LogP contribution is 2.29. The van der Waals surface area contributed by atoms with Crippen molar-refractivity contribution in [2.75, 3.05) is 0 Å². The lowest BCUT2D eigenvalue weighted by atomic mass is 10.2. The minimum absolute atomic E-state index is 0. The van der Waals surface area contributed by atoms with Crippen molar-refractivity contribution in [2.45, 2.75) is 69.9 Å². The summed E-state index contributed by atoms with van der Waals surface area (Å²) in [5.74, 6) is 0.942. The van der Waals surface area contributed by atoms with Crippen LogP contribution in [0.5, 0.6) is 5.75 Å². The average molecular weight is 461 g/mol. The number of nitrogens with zero attached hydrogens (tertiary/aromatic N) is 2. The van der Waals surface area contributed by atoms with Gasteiger partial charge in [-0.3, -0.25) is 0 Å². The highest BCUT2D eigenvalue weighted by molar-refractivity contribution is 7.19. The van der Waals surface area contributed by atoms with Gasteiger partial charge < -0.3 is 4.74 Å². The summed E-state index contributed by atoms with van der Waals surface area (Å²) in [6.07, 6.45) is 0.266. The second-order valence-electron chi connectivity index (χ2n) is 6.67. The number of aromatic nitrogens is 2. The molecule has 0 bridgehead atoms. The number of aryl methyl sites for hydroxylation is 4. The first kappa shape index (κ1) is 30.9. The maximum absolute atomic E-state index is 5.41. The van der Waals surface area contributed by atoms with Gasteiger partial charge >= 0.3 is 0 Å². The summed E-state index contributed by atoms with van der Waals surface area (Å²) in [7, 11) is 0. The fourth-order valence-electron chi connectivity index (χ4n) is 2.35. The number of para-hydroxylation sites is 1. The molecular weight excluding hydrogens is 420 g/mol. The zero-order valence-electron chi connectivity index (χ0n) is 17.4. The molecule has 0 aliphatic heterocycles. The van der Waals surface area contributed by atoms with Gasteiger partial charge in [-0.05, 0) is 82.2 Å². The second-order valence-corrected chi connectivity index (χ2v) is 8.89. The molecular formula is C26H40N2OS2. The van der Waals surface area contributed by atoms with Gasteiger partial charge in [-0.25, -0.2) is 0 Å². The molecule has 0 aliphatic rings. The second kappa shape index (κ2) is 15.5. The number of hydrogen-bond acceptors (Lipinski definition) is 5. The van der Waals surface area contributed by atoms with Gasteiger partial charge in [0.05, 0.1) is 11.8 Å². The first-order chi connectivity index (χ1) is 13.4. The number of thiophene rings is 1. The molecule has 2 aromatic carbocycles. The van der Waals surface area contributed by atoms with E-state index in [9.17, 15) is 0 Å². The molecule has 0 saturated heterocycles. The van der Waals surface area contributed by atoms with Crippen LogP contribution in [0.4, 0.5) is 0 Å². The smallest absolute Gasteiger partial charge is 0.119 e. The van der Waals surface area contributed by atoms with Crippen LogP contribution in [0.15, 0.2) is 54.6 Å². The van der Waals surface area contributed by atoms with Crippen LogP contribution in [0.3, 0.4) is 0 Å². The summed E-state index contributed by atoms with van der Waals surface area (Å²) in [4.78, 5) is 2.64. The predicted octanol–water partition coefficient (Wildman–Crippen LogP) is 9.06. The van der Waals surface area contributed by atoms with Gasteiger partial charge in [-0.2, -0.15) is 0 Å². The largest absolute Gasteiger partial charge is 0.491 e. The summed E-state index contributed by atoms with van der Waals surface area (Å²) in [5, 5.41) is 5.20. The molecule has 31 heavy (non-hydrogen) atoms. The molecule has 4 aromatic rings. The maximum atomic E-state index is 5.41. The number of hydrogen-bond donors (Lipinski definition) is 0. The van der Waals surface area contributed by atoms with E-state index in [1.165, 1.54) is 36.9 Å². The highest BCUT2D eigenvalue weighted by atomic mass is 32.1. The summed E-state index contributed by atoms with van der Waals surface area (Å²) < 4.78 is 10.5. The molecule has 0 saturated carbocycles. The number of rotatable bonds is 2. The minimum Gasteiger partial charge on any atom is -0.491 e. The van der Waals surface area contributed by atoms with Crippen molar-refractivity contribution in [3.05, 3.63) is 75.6 Å². The van der Waals surface area contributed by atoms with Crippen LogP contribution < -0.4 is 4.74 Å². The van der Waals surface area contributed by atoms with Crippen LogP contribution in [-0.4, -0.2) is 15.7 Å². The molecule has 2 heterocycles. The van der Waals surface area contributed by atoms with Crippen molar-refractivity contribution in [2.24, 2.45) is 0 Å². The van der Waals surface area contributed by atoms with E-state index in [0.717, 1.165) is 11.4 Å². The molecule has 172 valence electrons. The lowest BCUT2D eigenvalue weighted by molar-refractivity contribution is 0.242. The van der Waals surface area contributed by atoms with E-state index in [1.54, 1.807) is 0 Å². The monoisotopic (exact) mass is 460 g/mol. The van der Waals surface area contributed by atoms with Gasteiger partial charge in [0.1, 0.15) is 5.75 Å². The van der Waals surface area contributed by atoms with Crippen molar-refractivity contribution in [3.8, 4) is 5.75 Å². The maximum Gasteiger partial charge on any atom is 0.119 e. The van der Waals surface area contributed by atoms with E-state index in [0.29, 0.717) is 0 Å². The Hall–Kier alpha value is -2.24. The van der Waals surface area contributed by atoms with E-state index in [-0.39, 0.29) is 28.4 Å². The Kier molecular flexibility index (Phi) is 15.5. The van der Waals surface area contributed by atoms with E-state index >= 15 is 0 Å². The Morgan fingerprint density at radius 2 is 1.35 bits per heavy atom. The molecule has 0 amide bonds. The molecule has 0 atom stereocenters. The van der Waals surface area contributed by atoms with Gasteiger partial charge in [0.15, 0.2) is 0 Å². The van der Waals surface area contributed by atoms with E-state index in [1.807, 2.05) is 69.4 Å². The van der Waals surface area contributed by atoms with Crippen LogP contribution in [0.1, 0.15) is 57.1 Å². The molecule has 2 aromatic heterocycles. The number of benzene rings is 2. The SMILES string of the molecule is C.C.C.CC(C)Oc1ccccc1.Cc1nnsc1C.Cc1sc2ccccc2c1C. The fraction of sp³-hybridized carbons (Fsp3) is 0.385. The topological polar surface area (TPSA) is 35.0 Å². The lowest BCUT2D eigenvalue weighted by Crippen LogP contribution is -2.04. The Bertz CT molecular complexity index is 959. The molecule has 0 aliphatic carbocycles. The third-order valence-corrected chi connectivity index (χ3v) is 6.00. The summed E-state index contributed by atoms with van der Waals surface area (Å²) in [6.45, 7) is 12.4. The predicted molar refractivity (Wildman–Crippen MR) is 143 cm³/mol. The van der Waals surface area contributed by atoms with E-state index < -0.39 is 0 Å². The van der Waals surface area contributed by atoms with Gasteiger partial charge in [-0.1, -0.05) is 63.2 Å². The normalized spacial score (nSPS) is 9.13. The van der Waals surface area contributed by atoms with Crippen LogP contribution in [0.2, 0.25) is 0 Å². The molecule has 0 unspecified atom stereocenters. The summed E-state index contributed by atoms with van der Waals surface area (Å²) in [6, 6.07) is 18.4. The van der Waals surface area contributed by atoms with Crippen LogP contribution in [0.25, 0.3) is 10.1 Å². The Morgan fingerprint density at radius 3 is 1.81 bits per heavy atom. The standard InChI is InChI=1S/C10H10S.C9H12O.C4H6N2S.3CH4/c1-7-8(2)11-10-6-4-3-5-9(7)10;1-8(2)10-9-6-4-3-5-7-9;1-3-4(2)7-6-5-3;;;/h3-6H,1-2H3;3-8H,1-2H3;1-2H3;3*1H4. The molecule has 0 fully saturated rings. The Labute approximate surface area is 198 Å². The fourth-order valence-corrected chi connectivity index (χ4v) is 3.88. The highest BCUT2D eigenvalue weighted by Gasteiger charge is 2.01. The zero-order chi connectivity index (χ0) is 20.5. The van der Waals surface area contributed by atoms with Crippen molar-refractivity contribution >= 4 is 33.0 Å². The van der Waals surface area contributed by atoms with Crippen molar-refractivity contribution in [3.63, 3.8) is 0 Å². The zero-order valence-corrected chi connectivity index (χ0v) is 19.0. The summed E-state index contributed by atoms with van der Waals surface area (Å²) >= 11 is 3.32. The summed E-state index contributed by atoms with van der Waals surface area (Å²) in [5.41, 5.74) is 2.48. The molecule has 5 heteroatoms. The first-order valence-electron chi connectivity index (χ1n) is 9.30. The van der Waals surface area contributed by atoms with Gasteiger partial charge in [-0.15, -0.1) is 16.4 Å². The third-order valence-electron chi connectivity index (χ3n) is 4.08. The molecule has 0 spiro atoms. The first-order valence-corrected chi connectivity index (χ1v) is 10.9. The quantitative estimate of drug-likeness (QED) is 0.299.